The van der Waals surface area contributed by atoms with Crippen LogP contribution in [0.2, 0.25) is 0 Å². The highest BCUT2D eigenvalue weighted by atomic mass is 32.1. The molecule has 7 nitrogen and oxygen atoms in total. The minimum Gasteiger partial charge on any atom is -0.494 e. The van der Waals surface area contributed by atoms with Gasteiger partial charge in [0.05, 0.1) is 23.0 Å². The summed E-state index contributed by atoms with van der Waals surface area (Å²) in [5, 5.41) is 0.659. The molecule has 0 unspecified atom stereocenters. The van der Waals surface area contributed by atoms with Crippen molar-refractivity contribution in [3.8, 4) is 5.75 Å². The number of carbonyl (C=O) groups excluding carboxylic acids is 1. The number of hydrogen-bond acceptors (Lipinski definition) is 7. The smallest absolute Gasteiger partial charge is 0.280 e. The van der Waals surface area contributed by atoms with Gasteiger partial charge in [-0.3, -0.25) is 14.7 Å². The Morgan fingerprint density at radius 2 is 1.96 bits per heavy atom. The van der Waals surface area contributed by atoms with E-state index in [0.717, 1.165) is 35.6 Å². The second-order valence-corrected chi connectivity index (χ2v) is 7.14. The largest absolute Gasteiger partial charge is 0.494 e. The number of anilines is 1. The average molecular weight is 400 g/mol. The molecule has 0 N–H and O–H groups in total. The number of thiazole rings is 1. The second kappa shape index (κ2) is 9.57. The van der Waals surface area contributed by atoms with E-state index in [1.54, 1.807) is 11.1 Å². The molecule has 0 aliphatic heterocycles. The van der Waals surface area contributed by atoms with E-state index < -0.39 is 0 Å². The number of benzene rings is 1. The van der Waals surface area contributed by atoms with Gasteiger partial charge in [-0.15, -0.1) is 0 Å². The molecule has 1 aromatic carbocycles. The van der Waals surface area contributed by atoms with Crippen LogP contribution in [0.5, 0.6) is 5.75 Å². The average Bonchev–Trinajstić information content (AvgIpc) is 3.15. The van der Waals surface area contributed by atoms with Crippen molar-refractivity contribution < 1.29 is 9.53 Å². The SMILES string of the molecule is CCOc1ccc2nc(N(CCN(CC)CC)C(=O)c3cnccn3)sc2c1. The Balaban J connectivity index is 1.93. The lowest BCUT2D eigenvalue weighted by molar-refractivity contribution is 0.0978. The molecule has 0 spiro atoms. The van der Waals surface area contributed by atoms with E-state index in [0.29, 0.717) is 24.0 Å². The van der Waals surface area contributed by atoms with Crippen LogP contribution in [0.25, 0.3) is 10.2 Å². The predicted octanol–water partition coefficient (Wildman–Crippen LogP) is 3.47. The Morgan fingerprint density at radius 1 is 1.14 bits per heavy atom. The molecule has 3 aromatic rings. The van der Waals surface area contributed by atoms with E-state index in [1.807, 2.05) is 25.1 Å². The van der Waals surface area contributed by atoms with E-state index >= 15 is 0 Å². The van der Waals surface area contributed by atoms with Crippen LogP contribution in [0.15, 0.2) is 36.8 Å². The zero-order valence-corrected chi connectivity index (χ0v) is 17.3. The lowest BCUT2D eigenvalue weighted by atomic mass is 10.3. The highest BCUT2D eigenvalue weighted by Gasteiger charge is 2.23. The first-order valence-corrected chi connectivity index (χ1v) is 10.3. The molecule has 0 saturated heterocycles. The number of likely N-dealkylation sites (N-methyl/N-ethyl adjacent to an activating group) is 1. The summed E-state index contributed by atoms with van der Waals surface area (Å²) in [5.74, 6) is 0.615. The van der Waals surface area contributed by atoms with E-state index in [-0.39, 0.29) is 5.91 Å². The summed E-state index contributed by atoms with van der Waals surface area (Å²) in [7, 11) is 0. The van der Waals surface area contributed by atoms with Gasteiger partial charge in [-0.2, -0.15) is 0 Å². The third-order valence-electron chi connectivity index (χ3n) is 4.45. The van der Waals surface area contributed by atoms with E-state index in [9.17, 15) is 4.79 Å². The van der Waals surface area contributed by atoms with Gasteiger partial charge in [0.2, 0.25) is 0 Å². The molecule has 0 fully saturated rings. The monoisotopic (exact) mass is 399 g/mol. The standard InChI is InChI=1S/C20H25N5O2S/c1-4-24(5-2)11-12-25(19(26)17-14-21-9-10-22-17)20-23-16-8-7-15(27-6-3)13-18(16)28-20/h7-10,13-14H,4-6,11-12H2,1-3H3. The van der Waals surface area contributed by atoms with Crippen LogP contribution in [0.3, 0.4) is 0 Å². The van der Waals surface area contributed by atoms with Gasteiger partial charge in [0.1, 0.15) is 11.4 Å². The minimum atomic E-state index is -0.190. The van der Waals surface area contributed by atoms with Crippen molar-refractivity contribution >= 4 is 32.6 Å². The van der Waals surface area contributed by atoms with Gasteiger partial charge >= 0.3 is 0 Å². The van der Waals surface area contributed by atoms with Crippen molar-refractivity contribution in [3.05, 3.63) is 42.5 Å². The lowest BCUT2D eigenvalue weighted by Gasteiger charge is -2.24. The van der Waals surface area contributed by atoms with Crippen molar-refractivity contribution in [3.63, 3.8) is 0 Å². The van der Waals surface area contributed by atoms with Gasteiger partial charge in [0, 0.05) is 25.5 Å². The topological polar surface area (TPSA) is 71.5 Å². The van der Waals surface area contributed by atoms with E-state index in [2.05, 4.69) is 28.7 Å². The van der Waals surface area contributed by atoms with Gasteiger partial charge in [-0.25, -0.2) is 9.97 Å². The van der Waals surface area contributed by atoms with Gasteiger partial charge < -0.3 is 9.64 Å². The maximum absolute atomic E-state index is 13.1. The predicted molar refractivity (Wildman–Crippen MR) is 112 cm³/mol. The molecule has 0 radical (unpaired) electrons. The van der Waals surface area contributed by atoms with Crippen LogP contribution < -0.4 is 9.64 Å². The molecular formula is C20H25N5O2S. The normalized spacial score (nSPS) is 11.1. The Hall–Kier alpha value is -2.58. The van der Waals surface area contributed by atoms with Gasteiger partial charge in [-0.05, 0) is 38.2 Å². The molecule has 0 atom stereocenters. The molecule has 2 heterocycles. The summed E-state index contributed by atoms with van der Waals surface area (Å²) in [6.45, 7) is 9.96. The number of ether oxygens (including phenoxy) is 1. The molecule has 148 valence electrons. The number of rotatable bonds is 9. The fraction of sp³-hybridized carbons (Fsp3) is 0.400. The fourth-order valence-electron chi connectivity index (χ4n) is 2.88. The summed E-state index contributed by atoms with van der Waals surface area (Å²) in [6.07, 6.45) is 4.58. The molecule has 1 amide bonds. The zero-order chi connectivity index (χ0) is 19.9. The third-order valence-corrected chi connectivity index (χ3v) is 5.49. The quantitative estimate of drug-likeness (QED) is 0.549. The number of amides is 1. The Kier molecular flexibility index (Phi) is 6.89. The van der Waals surface area contributed by atoms with Crippen molar-refractivity contribution in [2.45, 2.75) is 20.8 Å². The molecule has 28 heavy (non-hydrogen) atoms. The highest BCUT2D eigenvalue weighted by Crippen LogP contribution is 2.32. The van der Waals surface area contributed by atoms with E-state index in [4.69, 9.17) is 9.72 Å². The molecule has 2 aromatic heterocycles. The Morgan fingerprint density at radius 3 is 2.64 bits per heavy atom. The molecule has 8 heteroatoms. The van der Waals surface area contributed by atoms with Crippen LogP contribution in [0.4, 0.5) is 5.13 Å². The maximum Gasteiger partial charge on any atom is 0.280 e. The molecule has 0 aliphatic rings. The van der Waals surface area contributed by atoms with Crippen molar-refractivity contribution in [1.82, 2.24) is 19.9 Å². The van der Waals surface area contributed by atoms with Gasteiger partial charge in [-0.1, -0.05) is 25.2 Å². The molecular weight excluding hydrogens is 374 g/mol. The second-order valence-electron chi connectivity index (χ2n) is 6.13. The molecule has 0 aliphatic carbocycles. The number of hydrogen-bond donors (Lipinski definition) is 0. The maximum atomic E-state index is 13.1. The van der Waals surface area contributed by atoms with Crippen LogP contribution >= 0.6 is 11.3 Å². The number of nitrogens with zero attached hydrogens (tertiary/aromatic N) is 5. The zero-order valence-electron chi connectivity index (χ0n) is 16.5. The van der Waals surface area contributed by atoms with Crippen LogP contribution in [0, 0.1) is 0 Å². The highest BCUT2D eigenvalue weighted by molar-refractivity contribution is 7.22. The number of aromatic nitrogens is 3. The minimum absolute atomic E-state index is 0.190. The third kappa shape index (κ3) is 4.63. The fourth-order valence-corrected chi connectivity index (χ4v) is 3.90. The van der Waals surface area contributed by atoms with Crippen LogP contribution in [-0.4, -0.2) is 58.5 Å². The summed E-state index contributed by atoms with van der Waals surface area (Å²) in [6, 6.07) is 5.80. The summed E-state index contributed by atoms with van der Waals surface area (Å²) < 4.78 is 6.57. The van der Waals surface area contributed by atoms with Crippen LogP contribution in [0.1, 0.15) is 31.3 Å². The molecule has 0 saturated carbocycles. The van der Waals surface area contributed by atoms with Crippen LogP contribution in [-0.2, 0) is 0 Å². The van der Waals surface area contributed by atoms with Gasteiger partial charge in [0.25, 0.3) is 5.91 Å². The first kappa shape index (κ1) is 20.2. The first-order valence-electron chi connectivity index (χ1n) is 9.49. The Labute approximate surface area is 169 Å². The summed E-state index contributed by atoms with van der Waals surface area (Å²) in [5.41, 5.74) is 1.17. The summed E-state index contributed by atoms with van der Waals surface area (Å²) >= 11 is 1.48. The number of carbonyl (C=O) groups is 1. The molecule has 0 bridgehead atoms. The van der Waals surface area contributed by atoms with Crippen molar-refractivity contribution in [2.24, 2.45) is 0 Å². The first-order chi connectivity index (χ1) is 13.7. The summed E-state index contributed by atoms with van der Waals surface area (Å²) in [4.78, 5) is 30.0. The van der Waals surface area contributed by atoms with E-state index in [1.165, 1.54) is 23.7 Å². The van der Waals surface area contributed by atoms with Crippen molar-refractivity contribution in [2.75, 3.05) is 37.7 Å². The number of fused-ring (bicyclic) bond motifs is 1. The Bertz CT molecular complexity index is 911. The lowest BCUT2D eigenvalue weighted by Crippen LogP contribution is -2.39. The van der Waals surface area contributed by atoms with Gasteiger partial charge in [0.15, 0.2) is 5.13 Å². The van der Waals surface area contributed by atoms with Crippen molar-refractivity contribution in [1.29, 1.82) is 0 Å². The molecule has 3 rings (SSSR count).